The number of hydrogen-bond acceptors (Lipinski definition) is 2. The molecule has 0 radical (unpaired) electrons. The second kappa shape index (κ2) is 6.66. The highest BCUT2D eigenvalue weighted by Gasteiger charge is 2.09. The Hall–Kier alpha value is -1.42. The molecular formula is C15H15ClFNO. The van der Waals surface area contributed by atoms with Gasteiger partial charge >= 0.3 is 0 Å². The van der Waals surface area contributed by atoms with Gasteiger partial charge in [-0.25, -0.2) is 4.39 Å². The molecule has 2 aromatic carbocycles. The number of halogens is 2. The lowest BCUT2D eigenvalue weighted by Gasteiger charge is -2.16. The summed E-state index contributed by atoms with van der Waals surface area (Å²) in [6.07, 6.45) is 0. The molecule has 2 nitrogen and oxygen atoms in total. The van der Waals surface area contributed by atoms with Crippen LogP contribution in [0.4, 0.5) is 4.39 Å². The molecule has 0 bridgehead atoms. The first-order valence-electron chi connectivity index (χ1n) is 6.04. The number of aliphatic hydroxyl groups excluding tert-OH is 1. The molecule has 0 fully saturated rings. The third-order valence-electron chi connectivity index (χ3n) is 2.92. The fourth-order valence-electron chi connectivity index (χ4n) is 1.86. The summed E-state index contributed by atoms with van der Waals surface area (Å²) in [5, 5.41) is 12.7. The number of hydrogen-bond donors (Lipinski definition) is 2. The van der Waals surface area contributed by atoms with E-state index in [9.17, 15) is 9.50 Å². The van der Waals surface area contributed by atoms with E-state index in [1.807, 2.05) is 30.3 Å². The van der Waals surface area contributed by atoms with Gasteiger partial charge < -0.3 is 10.4 Å². The lowest BCUT2D eigenvalue weighted by atomic mass is 10.1. The Labute approximate surface area is 116 Å². The first-order chi connectivity index (χ1) is 9.20. The largest absolute Gasteiger partial charge is 0.394 e. The van der Waals surface area contributed by atoms with Crippen molar-refractivity contribution in [3.63, 3.8) is 0 Å². The Balaban J connectivity index is 2.02. The Morgan fingerprint density at radius 3 is 2.53 bits per heavy atom. The average molecular weight is 280 g/mol. The van der Waals surface area contributed by atoms with Crippen LogP contribution < -0.4 is 5.32 Å². The molecule has 0 amide bonds. The highest BCUT2D eigenvalue weighted by atomic mass is 35.5. The van der Waals surface area contributed by atoms with Crippen molar-refractivity contribution in [1.82, 2.24) is 5.32 Å². The van der Waals surface area contributed by atoms with Crippen LogP contribution in [0.3, 0.4) is 0 Å². The van der Waals surface area contributed by atoms with Crippen molar-refractivity contribution in [2.24, 2.45) is 0 Å². The van der Waals surface area contributed by atoms with Crippen LogP contribution >= 0.6 is 11.6 Å². The first kappa shape index (κ1) is 14.0. The second-order valence-corrected chi connectivity index (χ2v) is 4.68. The summed E-state index contributed by atoms with van der Waals surface area (Å²) in [5.41, 5.74) is 1.79. The van der Waals surface area contributed by atoms with Crippen LogP contribution in [-0.4, -0.2) is 11.7 Å². The van der Waals surface area contributed by atoms with Crippen LogP contribution in [0.15, 0.2) is 48.5 Å². The molecule has 0 saturated carbocycles. The van der Waals surface area contributed by atoms with E-state index in [4.69, 9.17) is 11.6 Å². The minimum absolute atomic E-state index is 0.0138. The van der Waals surface area contributed by atoms with Gasteiger partial charge in [0.25, 0.3) is 0 Å². The third kappa shape index (κ3) is 3.77. The molecule has 0 spiro atoms. The maximum absolute atomic E-state index is 13.3. The van der Waals surface area contributed by atoms with E-state index in [1.54, 1.807) is 6.07 Å². The van der Waals surface area contributed by atoms with Gasteiger partial charge in [-0.3, -0.25) is 0 Å². The minimum Gasteiger partial charge on any atom is -0.394 e. The van der Waals surface area contributed by atoms with Crippen molar-refractivity contribution in [3.8, 4) is 0 Å². The molecule has 1 unspecified atom stereocenters. The lowest BCUT2D eigenvalue weighted by molar-refractivity contribution is 0.243. The van der Waals surface area contributed by atoms with E-state index in [0.717, 1.165) is 11.1 Å². The summed E-state index contributed by atoms with van der Waals surface area (Å²) in [6.45, 7) is 0.453. The topological polar surface area (TPSA) is 32.3 Å². The van der Waals surface area contributed by atoms with Gasteiger partial charge in [0.15, 0.2) is 0 Å². The van der Waals surface area contributed by atoms with Crippen LogP contribution in [0.2, 0.25) is 5.02 Å². The molecule has 4 heteroatoms. The highest BCUT2D eigenvalue weighted by molar-refractivity contribution is 6.30. The van der Waals surface area contributed by atoms with Gasteiger partial charge in [0.2, 0.25) is 0 Å². The molecule has 0 aliphatic carbocycles. The van der Waals surface area contributed by atoms with Gasteiger partial charge in [-0.1, -0.05) is 48.0 Å². The van der Waals surface area contributed by atoms with Gasteiger partial charge in [0.1, 0.15) is 5.82 Å². The Kier molecular flexibility index (Phi) is 4.91. The molecule has 2 N–H and O–H groups in total. The quantitative estimate of drug-likeness (QED) is 0.880. The average Bonchev–Trinajstić information content (AvgIpc) is 2.44. The molecule has 0 saturated heterocycles. The monoisotopic (exact) mass is 279 g/mol. The zero-order valence-corrected chi connectivity index (χ0v) is 11.1. The Morgan fingerprint density at radius 1 is 1.16 bits per heavy atom. The standard InChI is InChI=1S/C15H15ClFNO/c16-13-7-6-11(8-14(13)17)9-18-15(10-19)12-4-2-1-3-5-12/h1-8,15,18-19H,9-10H2. The smallest absolute Gasteiger partial charge is 0.142 e. The van der Waals surface area contributed by atoms with Crippen molar-refractivity contribution >= 4 is 11.6 Å². The fourth-order valence-corrected chi connectivity index (χ4v) is 1.98. The van der Waals surface area contributed by atoms with E-state index < -0.39 is 5.82 Å². The maximum Gasteiger partial charge on any atom is 0.142 e. The first-order valence-corrected chi connectivity index (χ1v) is 6.41. The van der Waals surface area contributed by atoms with Gasteiger partial charge in [0, 0.05) is 6.54 Å². The van der Waals surface area contributed by atoms with Crippen molar-refractivity contribution in [1.29, 1.82) is 0 Å². The summed E-state index contributed by atoms with van der Waals surface area (Å²) in [6, 6.07) is 14.2. The number of aliphatic hydroxyl groups is 1. The molecule has 2 rings (SSSR count). The minimum atomic E-state index is -0.429. The zero-order chi connectivity index (χ0) is 13.7. The highest BCUT2D eigenvalue weighted by Crippen LogP contribution is 2.17. The van der Waals surface area contributed by atoms with E-state index in [1.165, 1.54) is 12.1 Å². The Morgan fingerprint density at radius 2 is 1.89 bits per heavy atom. The molecule has 0 aliphatic rings. The maximum atomic E-state index is 13.3. The van der Waals surface area contributed by atoms with Crippen LogP contribution in [-0.2, 0) is 6.54 Å². The SMILES string of the molecule is OCC(NCc1ccc(Cl)c(F)c1)c1ccccc1. The van der Waals surface area contributed by atoms with Crippen LogP contribution in [0.25, 0.3) is 0 Å². The van der Waals surface area contributed by atoms with Gasteiger partial charge in [-0.05, 0) is 23.3 Å². The predicted molar refractivity (Wildman–Crippen MR) is 74.5 cm³/mol. The van der Waals surface area contributed by atoms with Crippen LogP contribution in [0, 0.1) is 5.82 Å². The van der Waals surface area contributed by atoms with Crippen molar-refractivity contribution in [2.75, 3.05) is 6.61 Å². The molecule has 0 aliphatic heterocycles. The molecule has 1 atom stereocenters. The molecule has 19 heavy (non-hydrogen) atoms. The summed E-state index contributed by atoms with van der Waals surface area (Å²) in [7, 11) is 0. The molecule has 100 valence electrons. The van der Waals surface area contributed by atoms with Gasteiger partial charge in [0.05, 0.1) is 17.7 Å². The Bertz CT molecular complexity index is 533. The molecule has 0 aromatic heterocycles. The summed E-state index contributed by atoms with van der Waals surface area (Å²) in [5.74, 6) is -0.429. The molecule has 2 aromatic rings. The van der Waals surface area contributed by atoms with Crippen molar-refractivity contribution in [2.45, 2.75) is 12.6 Å². The summed E-state index contributed by atoms with van der Waals surface area (Å²) >= 11 is 5.63. The fraction of sp³-hybridized carbons (Fsp3) is 0.200. The second-order valence-electron chi connectivity index (χ2n) is 4.28. The molecule has 0 heterocycles. The lowest BCUT2D eigenvalue weighted by Crippen LogP contribution is -2.23. The number of nitrogens with one attached hydrogen (secondary N) is 1. The number of rotatable bonds is 5. The van der Waals surface area contributed by atoms with E-state index in [-0.39, 0.29) is 17.7 Å². The number of benzene rings is 2. The van der Waals surface area contributed by atoms with Gasteiger partial charge in [-0.15, -0.1) is 0 Å². The summed E-state index contributed by atoms with van der Waals surface area (Å²) in [4.78, 5) is 0. The normalized spacial score (nSPS) is 12.4. The van der Waals surface area contributed by atoms with Crippen LogP contribution in [0.1, 0.15) is 17.2 Å². The summed E-state index contributed by atoms with van der Waals surface area (Å²) < 4.78 is 13.3. The molecular weight excluding hydrogens is 265 g/mol. The van der Waals surface area contributed by atoms with Gasteiger partial charge in [-0.2, -0.15) is 0 Å². The third-order valence-corrected chi connectivity index (χ3v) is 3.23. The predicted octanol–water partition coefficient (Wildman–Crippen LogP) is 3.30. The van der Waals surface area contributed by atoms with E-state index in [0.29, 0.717) is 6.54 Å². The zero-order valence-electron chi connectivity index (χ0n) is 10.3. The van der Waals surface area contributed by atoms with E-state index in [2.05, 4.69) is 5.32 Å². The van der Waals surface area contributed by atoms with Crippen molar-refractivity contribution in [3.05, 3.63) is 70.5 Å². The van der Waals surface area contributed by atoms with E-state index >= 15 is 0 Å². The van der Waals surface area contributed by atoms with Crippen LogP contribution in [0.5, 0.6) is 0 Å². The van der Waals surface area contributed by atoms with Crippen molar-refractivity contribution < 1.29 is 9.50 Å².